The third-order valence-electron chi connectivity index (χ3n) is 11.4. The average Bonchev–Trinajstić information content (AvgIpc) is 3.44. The first-order valence-electron chi connectivity index (χ1n) is 23.6. The van der Waals surface area contributed by atoms with Crippen LogP contribution in [0.1, 0.15) is 0 Å². The van der Waals surface area contributed by atoms with Gasteiger partial charge in [-0.1, -0.05) is 0 Å². The largest absolute Gasteiger partial charge is 0.329 e. The van der Waals surface area contributed by atoms with Gasteiger partial charge in [-0.25, -0.2) is 16.8 Å². The van der Waals surface area contributed by atoms with E-state index in [1.807, 2.05) is 82.5 Å². The second kappa shape index (κ2) is 24.7. The van der Waals surface area contributed by atoms with Gasteiger partial charge in [0, 0.05) is 71.3 Å². The van der Waals surface area contributed by atoms with Gasteiger partial charge in [-0.2, -0.15) is 18.3 Å². The first kappa shape index (κ1) is 53.9. The number of aromatic nitrogens is 4. The molecular weight excluding hydrogens is 1030 g/mol. The number of sulfonamides is 2. The lowest BCUT2D eigenvalue weighted by atomic mass is 10.1. The number of hydrazine groups is 2. The number of benzene rings is 4. The minimum absolute atomic E-state index is 0.0294. The highest BCUT2D eigenvalue weighted by molar-refractivity contribution is 7.93. The van der Waals surface area contributed by atoms with Crippen molar-refractivity contribution in [1.82, 2.24) is 10.9 Å². The van der Waals surface area contributed by atoms with E-state index in [1.54, 1.807) is 33.9 Å². The quantitative estimate of drug-likeness (QED) is 0.0237. The Labute approximate surface area is 449 Å². The minimum Gasteiger partial charge on any atom is -0.321 e. The van der Waals surface area contributed by atoms with E-state index in [-0.39, 0.29) is 46.1 Å². The molecule has 0 aliphatic carbocycles. The fraction of sp³-hybridized carbons (Fsp3) is 0.0714. The van der Waals surface area contributed by atoms with Crippen LogP contribution in [0, 0.1) is 24.7 Å². The maximum Gasteiger partial charge on any atom is 0.329 e. The summed E-state index contributed by atoms with van der Waals surface area (Å²) in [4.78, 5) is 50.5. The molecule has 8 rings (SSSR count). The highest BCUT2D eigenvalue weighted by Gasteiger charge is 2.19. The Morgan fingerprint density at radius 1 is 0.372 bits per heavy atom. The van der Waals surface area contributed by atoms with Crippen LogP contribution in [0.3, 0.4) is 0 Å². The Morgan fingerprint density at radius 3 is 0.936 bits per heavy atom. The van der Waals surface area contributed by atoms with Crippen LogP contribution < -0.4 is 60.0 Å². The molecule has 4 aromatic carbocycles. The molecule has 8 N–H and O–H groups in total. The zero-order valence-corrected chi connectivity index (χ0v) is 43.0. The fourth-order valence-electron chi connectivity index (χ4n) is 7.44. The number of hydrogen-bond acceptors (Lipinski definition) is 10. The monoisotopic (exact) mass is 1080 g/mol. The van der Waals surface area contributed by atoms with Gasteiger partial charge >= 0.3 is 11.8 Å². The minimum atomic E-state index is -4.03. The summed E-state index contributed by atoms with van der Waals surface area (Å²) in [5.74, 6) is 2.41. The second-order valence-electron chi connectivity index (χ2n) is 17.1. The first-order valence-corrected chi connectivity index (χ1v) is 26.6. The first-order chi connectivity index (χ1) is 37.6. The van der Waals surface area contributed by atoms with Gasteiger partial charge in [0.1, 0.15) is 0 Å². The summed E-state index contributed by atoms with van der Waals surface area (Å²) in [6, 6.07) is 38.4. The number of rotatable bonds is 20. The number of carbonyl (C=O) groups is 4. The average molecular weight is 1080 g/mol. The topological polar surface area (TPSA) is 248 Å². The van der Waals surface area contributed by atoms with E-state index in [1.165, 1.54) is 97.1 Å². The Kier molecular flexibility index (Phi) is 17.1. The Morgan fingerprint density at radius 2 is 0.641 bits per heavy atom. The molecule has 78 heavy (non-hydrogen) atoms. The van der Waals surface area contributed by atoms with Crippen LogP contribution in [-0.2, 0) is 65.4 Å². The SMILES string of the molecule is C#CC[n+]1ccc(-c2cc[n+](CC(=O)Nc3ccc(S(=O)(=O)Nc4ccc(NNC(=O)C(=O)NNc5ccc(NS(=O)(=O)c6ccc(NC(=O)C[n+]7ccc(-c8cc[n+](CC#C)cc8)cc7)cc6)cc5)cc4)cc3)cc2)cc1. The molecular formula is C56H50N12O8S2+4. The summed E-state index contributed by atoms with van der Waals surface area (Å²) in [5, 5.41) is 5.54. The predicted octanol–water partition coefficient (Wildman–Crippen LogP) is 3.90. The Bertz CT molecular complexity index is 3510. The fourth-order valence-corrected chi connectivity index (χ4v) is 9.56. The van der Waals surface area contributed by atoms with E-state index < -0.39 is 31.9 Å². The van der Waals surface area contributed by atoms with Crippen LogP contribution in [0.2, 0.25) is 0 Å². The molecule has 0 bridgehead atoms. The maximum absolute atomic E-state index is 13.2. The van der Waals surface area contributed by atoms with Crippen molar-refractivity contribution >= 4 is 77.8 Å². The summed E-state index contributed by atoms with van der Waals surface area (Å²) in [6.45, 7) is 1.01. The molecule has 8 aromatic rings. The van der Waals surface area contributed by atoms with Crippen LogP contribution in [0.15, 0.2) is 205 Å². The molecule has 22 heteroatoms. The molecule has 0 saturated carbocycles. The second-order valence-corrected chi connectivity index (χ2v) is 20.5. The lowest BCUT2D eigenvalue weighted by molar-refractivity contribution is -0.684. The van der Waals surface area contributed by atoms with Gasteiger partial charge in [-0.15, -0.1) is 12.8 Å². The number of anilines is 6. The van der Waals surface area contributed by atoms with Crippen molar-refractivity contribution in [1.29, 1.82) is 0 Å². The molecule has 4 amide bonds. The van der Waals surface area contributed by atoms with Crippen molar-refractivity contribution in [2.45, 2.75) is 36.0 Å². The highest BCUT2D eigenvalue weighted by Crippen LogP contribution is 2.23. The van der Waals surface area contributed by atoms with Crippen molar-refractivity contribution in [3.05, 3.63) is 195 Å². The lowest BCUT2D eigenvalue weighted by Crippen LogP contribution is -2.44. The zero-order valence-electron chi connectivity index (χ0n) is 41.3. The van der Waals surface area contributed by atoms with E-state index in [2.05, 4.69) is 53.6 Å². The van der Waals surface area contributed by atoms with E-state index in [0.717, 1.165) is 22.3 Å². The summed E-state index contributed by atoms with van der Waals surface area (Å²) < 4.78 is 64.8. The van der Waals surface area contributed by atoms with Crippen molar-refractivity contribution < 1.29 is 54.3 Å². The maximum atomic E-state index is 13.2. The summed E-state index contributed by atoms with van der Waals surface area (Å²) >= 11 is 0. The Balaban J connectivity index is 0.725. The van der Waals surface area contributed by atoms with Gasteiger partial charge in [-0.3, -0.25) is 50.3 Å². The zero-order chi connectivity index (χ0) is 55.1. The molecule has 0 aliphatic heterocycles. The van der Waals surface area contributed by atoms with Gasteiger partial charge in [-0.05, 0) is 131 Å². The summed E-state index contributed by atoms with van der Waals surface area (Å²) in [5.41, 5.74) is 15.4. The van der Waals surface area contributed by atoms with Crippen LogP contribution in [0.4, 0.5) is 34.1 Å². The van der Waals surface area contributed by atoms with Crippen molar-refractivity contribution in [2.24, 2.45) is 0 Å². The summed E-state index contributed by atoms with van der Waals surface area (Å²) in [6.07, 6.45) is 25.5. The van der Waals surface area contributed by atoms with E-state index in [0.29, 0.717) is 35.8 Å². The number of terminal acetylenes is 2. The van der Waals surface area contributed by atoms with Crippen LogP contribution in [0.25, 0.3) is 22.3 Å². The molecule has 4 heterocycles. The molecule has 0 atom stereocenters. The molecule has 0 unspecified atom stereocenters. The molecule has 0 spiro atoms. The lowest BCUT2D eigenvalue weighted by Gasteiger charge is -2.12. The van der Waals surface area contributed by atoms with Crippen molar-refractivity contribution in [3.8, 4) is 46.9 Å². The molecule has 0 fully saturated rings. The van der Waals surface area contributed by atoms with Gasteiger partial charge in [0.25, 0.3) is 31.9 Å². The molecule has 390 valence electrons. The van der Waals surface area contributed by atoms with Crippen LogP contribution in [-0.4, -0.2) is 40.5 Å². The number of nitrogens with one attached hydrogen (secondary N) is 8. The standard InChI is InChI=1S/C56H46N12O8S2/c1-3-29-65-31-21-41(22-32-65)43-25-35-67(36-26-43)39-53(69)57-45-13-17-51(18-14-45)77(73,74)63-49-9-5-47(6-10-49)59-61-55(71)56(72)62-60-48-7-11-50(12-8-48)64-78(75,76)52-19-15-46(16-20-52)58-54(70)40-68-37-27-44(28-38-68)42-23-33-66(30-4-2)34-24-42/h1-2,5-28,31-38H,29-30,39-40H2,(H4,57,58,61,62,63,64,69,70,71,72)/p+4. The number of nitrogens with zero attached hydrogens (tertiary/aromatic N) is 4. The van der Waals surface area contributed by atoms with Crippen molar-refractivity contribution in [3.63, 3.8) is 0 Å². The van der Waals surface area contributed by atoms with Crippen LogP contribution in [0.5, 0.6) is 0 Å². The van der Waals surface area contributed by atoms with Gasteiger partial charge < -0.3 is 10.6 Å². The van der Waals surface area contributed by atoms with Gasteiger partial charge in [0.15, 0.2) is 49.6 Å². The Hall–Kier alpha value is -10.4. The van der Waals surface area contributed by atoms with Gasteiger partial charge in [0.05, 0.1) is 21.2 Å². The highest BCUT2D eigenvalue weighted by atomic mass is 32.2. The van der Waals surface area contributed by atoms with Crippen molar-refractivity contribution in [2.75, 3.05) is 30.9 Å². The predicted molar refractivity (Wildman–Crippen MR) is 290 cm³/mol. The van der Waals surface area contributed by atoms with E-state index in [9.17, 15) is 36.0 Å². The summed E-state index contributed by atoms with van der Waals surface area (Å²) in [7, 11) is -8.06. The number of pyridine rings is 4. The number of amides is 4. The third-order valence-corrected chi connectivity index (χ3v) is 14.2. The smallest absolute Gasteiger partial charge is 0.321 e. The molecule has 0 aliphatic rings. The molecule has 20 nitrogen and oxygen atoms in total. The normalized spacial score (nSPS) is 10.9. The van der Waals surface area contributed by atoms with E-state index in [4.69, 9.17) is 12.8 Å². The molecule has 4 aromatic heterocycles. The molecule has 0 radical (unpaired) electrons. The number of carbonyl (C=O) groups excluding carboxylic acids is 4. The van der Waals surface area contributed by atoms with Crippen LogP contribution >= 0.6 is 0 Å². The van der Waals surface area contributed by atoms with E-state index >= 15 is 0 Å². The van der Waals surface area contributed by atoms with Gasteiger partial charge in [0.2, 0.25) is 26.2 Å². The molecule has 0 saturated heterocycles. The third kappa shape index (κ3) is 14.9. The number of hydrogen-bond donors (Lipinski definition) is 8.